The molecule has 0 unspecified atom stereocenters. The Hall–Kier alpha value is -3.26. The van der Waals surface area contributed by atoms with Gasteiger partial charge in [-0.2, -0.15) is 0 Å². The summed E-state index contributed by atoms with van der Waals surface area (Å²) in [5.74, 6) is 2.60. The van der Waals surface area contributed by atoms with Gasteiger partial charge in [0.25, 0.3) is 5.91 Å². The van der Waals surface area contributed by atoms with Crippen LogP contribution in [-0.2, 0) is 13.0 Å². The summed E-state index contributed by atoms with van der Waals surface area (Å²) in [6, 6.07) is 8.53. The van der Waals surface area contributed by atoms with Crippen LogP contribution in [0.2, 0.25) is 5.02 Å². The van der Waals surface area contributed by atoms with Crippen LogP contribution in [0, 0.1) is 0 Å². The lowest BCUT2D eigenvalue weighted by atomic mass is 10.1. The Morgan fingerprint density at radius 1 is 1.00 bits per heavy atom. The van der Waals surface area contributed by atoms with E-state index in [1.165, 1.54) is 27.8 Å². The van der Waals surface area contributed by atoms with E-state index in [1.807, 2.05) is 6.07 Å². The van der Waals surface area contributed by atoms with E-state index < -0.39 is 0 Å². The highest BCUT2D eigenvalue weighted by molar-refractivity contribution is 6.33. The molecule has 0 aliphatic carbocycles. The minimum atomic E-state index is -0.322. The molecule has 0 atom stereocenters. The van der Waals surface area contributed by atoms with Crippen LogP contribution in [0.25, 0.3) is 11.4 Å². The van der Waals surface area contributed by atoms with Crippen molar-refractivity contribution in [2.75, 3.05) is 26.6 Å². The number of fused-ring (bicyclic) bond motifs is 1. The van der Waals surface area contributed by atoms with Crippen molar-refractivity contribution in [2.45, 2.75) is 32.2 Å². The molecule has 0 bridgehead atoms. The number of nitrogens with one attached hydrogen (secondary N) is 1. The number of hydrogen-bond acceptors (Lipinski definition) is 6. The fourth-order valence-corrected chi connectivity index (χ4v) is 4.08. The zero-order chi connectivity index (χ0) is 22.7. The Labute approximate surface area is 191 Å². The molecule has 1 aliphatic rings. The van der Waals surface area contributed by atoms with Gasteiger partial charge in [0.05, 0.1) is 26.4 Å². The highest BCUT2D eigenvalue weighted by atomic mass is 35.5. The van der Waals surface area contributed by atoms with Crippen LogP contribution in [-0.4, -0.2) is 42.0 Å². The monoisotopic (exact) mass is 456 g/mol. The lowest BCUT2D eigenvalue weighted by Crippen LogP contribution is -2.13. The number of benzene rings is 2. The van der Waals surface area contributed by atoms with Crippen molar-refractivity contribution in [3.8, 4) is 28.6 Å². The molecule has 0 radical (unpaired) electrons. The molecular weight excluding hydrogens is 432 g/mol. The first-order valence-electron chi connectivity index (χ1n) is 10.4. The van der Waals surface area contributed by atoms with Crippen LogP contribution in [0.5, 0.6) is 17.2 Å². The van der Waals surface area contributed by atoms with Gasteiger partial charge in [0.15, 0.2) is 17.3 Å². The highest BCUT2D eigenvalue weighted by Crippen LogP contribution is 2.38. The lowest BCUT2D eigenvalue weighted by molar-refractivity contribution is 0.102. The predicted molar refractivity (Wildman–Crippen MR) is 122 cm³/mol. The fourth-order valence-electron chi connectivity index (χ4n) is 3.87. The molecule has 2 heterocycles. The van der Waals surface area contributed by atoms with Gasteiger partial charge in [-0.15, -0.1) is 10.2 Å². The van der Waals surface area contributed by atoms with Gasteiger partial charge in [-0.25, -0.2) is 0 Å². The summed E-state index contributed by atoms with van der Waals surface area (Å²) in [5, 5.41) is 12.2. The molecule has 0 fully saturated rings. The van der Waals surface area contributed by atoms with E-state index >= 15 is 0 Å². The fraction of sp³-hybridized carbons (Fsp3) is 0.348. The van der Waals surface area contributed by atoms with Gasteiger partial charge in [0.2, 0.25) is 5.75 Å². The van der Waals surface area contributed by atoms with Crippen LogP contribution in [0.4, 0.5) is 5.69 Å². The number of anilines is 1. The average Bonchev–Trinajstić information content (AvgIpc) is 3.06. The topological polar surface area (TPSA) is 87.5 Å². The molecule has 1 aliphatic heterocycles. The number of amides is 1. The Kier molecular flexibility index (Phi) is 6.50. The zero-order valence-corrected chi connectivity index (χ0v) is 19.0. The van der Waals surface area contributed by atoms with Crippen LogP contribution >= 0.6 is 11.6 Å². The van der Waals surface area contributed by atoms with Gasteiger partial charge in [0.1, 0.15) is 5.82 Å². The summed E-state index contributed by atoms with van der Waals surface area (Å²) in [4.78, 5) is 13.0. The van der Waals surface area contributed by atoms with E-state index in [2.05, 4.69) is 20.1 Å². The maximum absolute atomic E-state index is 13.0. The Morgan fingerprint density at radius 2 is 1.75 bits per heavy atom. The predicted octanol–water partition coefficient (Wildman–Crippen LogP) is 4.60. The summed E-state index contributed by atoms with van der Waals surface area (Å²) in [6.45, 7) is 0.857. The van der Waals surface area contributed by atoms with E-state index in [-0.39, 0.29) is 5.91 Å². The molecule has 1 aromatic heterocycles. The van der Waals surface area contributed by atoms with Crippen molar-refractivity contribution < 1.29 is 19.0 Å². The first-order valence-corrected chi connectivity index (χ1v) is 10.8. The number of halogens is 1. The summed E-state index contributed by atoms with van der Waals surface area (Å²) < 4.78 is 18.1. The van der Waals surface area contributed by atoms with Crippen LogP contribution < -0.4 is 19.5 Å². The molecule has 32 heavy (non-hydrogen) atoms. The second-order valence-corrected chi connectivity index (χ2v) is 7.87. The average molecular weight is 457 g/mol. The van der Waals surface area contributed by atoms with Crippen LogP contribution in [0.15, 0.2) is 30.3 Å². The first-order chi connectivity index (χ1) is 15.5. The number of nitrogens with zero attached hydrogens (tertiary/aromatic N) is 3. The second kappa shape index (κ2) is 9.48. The largest absolute Gasteiger partial charge is 0.493 e. The summed E-state index contributed by atoms with van der Waals surface area (Å²) in [7, 11) is 4.53. The Bertz CT molecular complexity index is 1120. The van der Waals surface area contributed by atoms with E-state index in [0.29, 0.717) is 33.5 Å². The minimum Gasteiger partial charge on any atom is -0.493 e. The van der Waals surface area contributed by atoms with E-state index in [1.54, 1.807) is 24.3 Å². The summed E-state index contributed by atoms with van der Waals surface area (Å²) >= 11 is 6.50. The molecule has 0 spiro atoms. The van der Waals surface area contributed by atoms with Crippen LogP contribution in [0.3, 0.4) is 0 Å². The van der Waals surface area contributed by atoms with Crippen LogP contribution in [0.1, 0.15) is 35.4 Å². The van der Waals surface area contributed by atoms with Crippen molar-refractivity contribution >= 4 is 23.2 Å². The third kappa shape index (κ3) is 4.23. The molecule has 0 saturated carbocycles. The molecule has 8 nitrogen and oxygen atoms in total. The molecular formula is C23H25ClN4O4. The maximum atomic E-state index is 13.0. The number of carbonyl (C=O) groups excluding carboxylic acids is 1. The second-order valence-electron chi connectivity index (χ2n) is 7.46. The van der Waals surface area contributed by atoms with Gasteiger partial charge < -0.3 is 24.1 Å². The van der Waals surface area contributed by atoms with Gasteiger partial charge >= 0.3 is 0 Å². The van der Waals surface area contributed by atoms with Crippen molar-refractivity contribution in [3.63, 3.8) is 0 Å². The molecule has 1 amide bonds. The van der Waals surface area contributed by atoms with Crippen molar-refractivity contribution in [1.82, 2.24) is 14.8 Å². The number of aromatic nitrogens is 3. The van der Waals surface area contributed by atoms with Gasteiger partial charge in [-0.3, -0.25) is 4.79 Å². The van der Waals surface area contributed by atoms with Crippen molar-refractivity contribution in [2.24, 2.45) is 0 Å². The molecule has 2 aromatic carbocycles. The third-order valence-electron chi connectivity index (χ3n) is 5.50. The smallest absolute Gasteiger partial charge is 0.255 e. The van der Waals surface area contributed by atoms with Gasteiger partial charge in [-0.1, -0.05) is 18.0 Å². The van der Waals surface area contributed by atoms with E-state index in [9.17, 15) is 4.79 Å². The quantitative estimate of drug-likeness (QED) is 0.583. The Morgan fingerprint density at radius 3 is 2.44 bits per heavy atom. The lowest BCUT2D eigenvalue weighted by Gasteiger charge is -2.14. The summed E-state index contributed by atoms with van der Waals surface area (Å²) in [5.41, 5.74) is 1.69. The molecule has 168 valence electrons. The third-order valence-corrected chi connectivity index (χ3v) is 5.83. The number of aryl methyl sites for hydroxylation is 1. The number of methoxy groups -OCH3 is 3. The standard InChI is InChI=1S/C23H25ClN4O4/c1-30-18-11-14(12-19(31-2)21(18)32-3)23(29)25-15-8-9-17(24)16(13-15)22-27-26-20-7-5-4-6-10-28(20)22/h8-9,11-13H,4-7,10H2,1-3H3,(H,25,29). The first kappa shape index (κ1) is 22.0. The normalized spacial score (nSPS) is 13.1. The molecule has 4 rings (SSSR count). The SMILES string of the molecule is COc1cc(C(=O)Nc2ccc(Cl)c(-c3nnc4n3CCCCC4)c2)cc(OC)c1OC. The Balaban J connectivity index is 1.64. The molecule has 1 N–H and O–H groups in total. The highest BCUT2D eigenvalue weighted by Gasteiger charge is 2.20. The number of rotatable bonds is 6. The minimum absolute atomic E-state index is 0.322. The van der Waals surface area contributed by atoms with Gasteiger partial charge in [-0.05, 0) is 43.2 Å². The zero-order valence-electron chi connectivity index (χ0n) is 18.3. The summed E-state index contributed by atoms with van der Waals surface area (Å²) in [6.07, 6.45) is 4.26. The molecule has 0 saturated heterocycles. The number of carbonyl (C=O) groups is 1. The molecule has 9 heteroatoms. The van der Waals surface area contributed by atoms with Crippen molar-refractivity contribution in [1.29, 1.82) is 0 Å². The van der Waals surface area contributed by atoms with E-state index in [4.69, 9.17) is 25.8 Å². The number of hydrogen-bond donors (Lipinski definition) is 1. The molecule has 3 aromatic rings. The van der Waals surface area contributed by atoms with E-state index in [0.717, 1.165) is 43.0 Å². The van der Waals surface area contributed by atoms with Gasteiger partial charge in [0, 0.05) is 29.8 Å². The number of ether oxygens (including phenoxy) is 3. The maximum Gasteiger partial charge on any atom is 0.255 e. The van der Waals surface area contributed by atoms with Crippen molar-refractivity contribution in [3.05, 3.63) is 46.7 Å².